The molecule has 162 valence electrons. The fraction of sp³-hybridized carbons (Fsp3) is 0.200. The van der Waals surface area contributed by atoms with Gasteiger partial charge >= 0.3 is 0 Å². The molecule has 0 radical (unpaired) electrons. The van der Waals surface area contributed by atoms with E-state index >= 15 is 0 Å². The number of imide groups is 1. The molecule has 0 aliphatic carbocycles. The van der Waals surface area contributed by atoms with Crippen LogP contribution in [0.15, 0.2) is 67.0 Å². The van der Waals surface area contributed by atoms with Gasteiger partial charge in [-0.05, 0) is 61.1 Å². The molecular formula is C25H25N5O2. The molecule has 5 rings (SSSR count). The smallest absolute Gasteiger partial charge is 0.260 e. The summed E-state index contributed by atoms with van der Waals surface area (Å²) in [7, 11) is 2.14. The summed E-state index contributed by atoms with van der Waals surface area (Å²) in [5.74, 6) is -0.788. The van der Waals surface area contributed by atoms with Crippen LogP contribution >= 0.6 is 0 Å². The number of benzene rings is 2. The number of piperazine rings is 1. The number of hydrogen-bond acceptors (Lipinski definition) is 5. The van der Waals surface area contributed by atoms with Crippen LogP contribution in [0.3, 0.4) is 0 Å². The molecule has 0 spiro atoms. The monoisotopic (exact) mass is 427 g/mol. The van der Waals surface area contributed by atoms with Crippen LogP contribution in [0.4, 0.5) is 11.4 Å². The quantitative estimate of drug-likeness (QED) is 0.440. The van der Waals surface area contributed by atoms with Crippen LogP contribution in [0.5, 0.6) is 0 Å². The largest absolute Gasteiger partial charge is 0.369 e. The van der Waals surface area contributed by atoms with Crippen LogP contribution in [0, 0.1) is 0 Å². The second-order valence-corrected chi connectivity index (χ2v) is 8.17. The Kier molecular flexibility index (Phi) is 5.25. The molecule has 7 heteroatoms. The first-order valence-corrected chi connectivity index (χ1v) is 10.7. The van der Waals surface area contributed by atoms with Gasteiger partial charge in [-0.3, -0.25) is 14.9 Å². The first-order valence-electron chi connectivity index (χ1n) is 10.7. The number of hydrogen-bond donors (Lipinski definition) is 3. The molecule has 3 N–H and O–H groups in total. The number of nitrogens with one attached hydrogen (secondary N) is 3. The Morgan fingerprint density at radius 1 is 0.906 bits per heavy atom. The molecule has 3 heterocycles. The lowest BCUT2D eigenvalue weighted by atomic mass is 9.93. The fourth-order valence-electron chi connectivity index (χ4n) is 4.13. The van der Waals surface area contributed by atoms with Crippen LogP contribution in [-0.4, -0.2) is 54.9 Å². The highest BCUT2D eigenvalue weighted by Crippen LogP contribution is 2.29. The van der Waals surface area contributed by atoms with E-state index in [1.807, 2.05) is 42.6 Å². The molecule has 2 aromatic carbocycles. The maximum absolute atomic E-state index is 12.6. The van der Waals surface area contributed by atoms with E-state index in [1.165, 1.54) is 5.69 Å². The van der Waals surface area contributed by atoms with Gasteiger partial charge in [0.15, 0.2) is 0 Å². The van der Waals surface area contributed by atoms with Gasteiger partial charge < -0.3 is 20.1 Å². The molecule has 32 heavy (non-hydrogen) atoms. The number of H-pyrrole nitrogens is 1. The van der Waals surface area contributed by atoms with Crippen molar-refractivity contribution in [2.45, 2.75) is 0 Å². The minimum atomic E-state index is -0.410. The third-order valence-electron chi connectivity index (χ3n) is 6.05. The van der Waals surface area contributed by atoms with Crippen LogP contribution in [-0.2, 0) is 4.79 Å². The minimum Gasteiger partial charge on any atom is -0.369 e. The molecule has 1 aromatic heterocycles. The first-order chi connectivity index (χ1) is 15.6. The summed E-state index contributed by atoms with van der Waals surface area (Å²) >= 11 is 0. The molecule has 7 nitrogen and oxygen atoms in total. The van der Waals surface area contributed by atoms with Crippen molar-refractivity contribution in [3.63, 3.8) is 0 Å². The highest BCUT2D eigenvalue weighted by molar-refractivity contribution is 6.31. The maximum atomic E-state index is 12.6. The molecule has 0 atom stereocenters. The van der Waals surface area contributed by atoms with Gasteiger partial charge in [0.1, 0.15) is 0 Å². The number of rotatable bonds is 4. The predicted molar refractivity (Wildman–Crippen MR) is 126 cm³/mol. The summed E-state index contributed by atoms with van der Waals surface area (Å²) in [5.41, 5.74) is 5.44. The third-order valence-corrected chi connectivity index (χ3v) is 6.05. The Morgan fingerprint density at radius 2 is 1.69 bits per heavy atom. The van der Waals surface area contributed by atoms with Crippen molar-refractivity contribution in [1.29, 1.82) is 0 Å². The molecule has 0 unspecified atom stereocenters. The zero-order chi connectivity index (χ0) is 22.1. The van der Waals surface area contributed by atoms with E-state index in [9.17, 15) is 9.59 Å². The van der Waals surface area contributed by atoms with Crippen molar-refractivity contribution in [1.82, 2.24) is 15.2 Å². The standard InChI is InChI=1S/C25H25N5O2/c1-29-11-13-30(14-12-29)19-7-5-18(6-8-19)27-16-22-21-15-17(23-3-2-10-26-23)4-9-20(21)24(31)28-25(22)32/h2-10,15-16,26-27H,11-14H2,1H3,(H,28,31,32)/b22-16-. The number of aromatic amines is 1. The molecule has 3 aromatic rings. The van der Waals surface area contributed by atoms with Crippen molar-refractivity contribution < 1.29 is 9.59 Å². The van der Waals surface area contributed by atoms with Crippen LogP contribution in [0.1, 0.15) is 15.9 Å². The lowest BCUT2D eigenvalue weighted by molar-refractivity contribution is -0.114. The molecular weight excluding hydrogens is 402 g/mol. The van der Waals surface area contributed by atoms with E-state index in [0.717, 1.165) is 43.1 Å². The minimum absolute atomic E-state index is 0.378. The van der Waals surface area contributed by atoms with Crippen LogP contribution < -0.4 is 15.5 Å². The van der Waals surface area contributed by atoms with Crippen molar-refractivity contribution in [3.8, 4) is 11.3 Å². The summed E-state index contributed by atoms with van der Waals surface area (Å²) in [6.45, 7) is 4.15. The van der Waals surface area contributed by atoms with Gasteiger partial charge in [0.05, 0.1) is 5.57 Å². The highest BCUT2D eigenvalue weighted by Gasteiger charge is 2.27. The van der Waals surface area contributed by atoms with Gasteiger partial charge in [-0.15, -0.1) is 0 Å². The van der Waals surface area contributed by atoms with Gasteiger partial charge in [-0.1, -0.05) is 6.07 Å². The molecule has 2 aliphatic rings. The Morgan fingerprint density at radius 3 is 2.41 bits per heavy atom. The lowest BCUT2D eigenvalue weighted by Gasteiger charge is -2.34. The van der Waals surface area contributed by atoms with Gasteiger partial charge in [0.25, 0.3) is 11.8 Å². The van der Waals surface area contributed by atoms with Crippen molar-refractivity contribution in [3.05, 3.63) is 78.1 Å². The van der Waals surface area contributed by atoms with Gasteiger partial charge in [-0.25, -0.2) is 0 Å². The van der Waals surface area contributed by atoms with Crippen molar-refractivity contribution in [2.24, 2.45) is 0 Å². The van der Waals surface area contributed by atoms with Crippen LogP contribution in [0.2, 0.25) is 0 Å². The summed E-state index contributed by atoms with van der Waals surface area (Å²) < 4.78 is 0. The van der Waals surface area contributed by atoms with E-state index in [-0.39, 0.29) is 5.91 Å². The molecule has 1 saturated heterocycles. The van der Waals surface area contributed by atoms with Crippen LogP contribution in [0.25, 0.3) is 16.8 Å². The normalized spacial score (nSPS) is 17.9. The zero-order valence-corrected chi connectivity index (χ0v) is 17.9. The van der Waals surface area contributed by atoms with Gasteiger partial charge in [0, 0.05) is 66.8 Å². The van der Waals surface area contributed by atoms with E-state index in [2.05, 4.69) is 44.6 Å². The Labute approximate surface area is 186 Å². The average Bonchev–Trinajstić information content (AvgIpc) is 3.35. The SMILES string of the molecule is CN1CCN(c2ccc(N/C=C3\C(=O)NC(=O)c4ccc(-c5ccc[nH]5)cc43)cc2)CC1. The second kappa shape index (κ2) is 8.36. The number of anilines is 2. The average molecular weight is 428 g/mol. The van der Waals surface area contributed by atoms with Crippen molar-refractivity contribution in [2.75, 3.05) is 43.4 Å². The Hall–Kier alpha value is -3.84. The molecule has 0 saturated carbocycles. The summed E-state index contributed by atoms with van der Waals surface area (Å²) in [5, 5.41) is 5.65. The predicted octanol–water partition coefficient (Wildman–Crippen LogP) is 3.16. The first kappa shape index (κ1) is 20.1. The summed E-state index contributed by atoms with van der Waals surface area (Å²) in [4.78, 5) is 32.8. The van der Waals surface area contributed by atoms with E-state index in [1.54, 1.807) is 12.3 Å². The highest BCUT2D eigenvalue weighted by atomic mass is 16.2. The number of carbonyl (C=O) groups is 2. The van der Waals surface area contributed by atoms with E-state index in [0.29, 0.717) is 16.7 Å². The summed E-state index contributed by atoms with van der Waals surface area (Å²) in [6, 6.07) is 17.6. The maximum Gasteiger partial charge on any atom is 0.260 e. The Balaban J connectivity index is 1.39. The van der Waals surface area contributed by atoms with Gasteiger partial charge in [0.2, 0.25) is 0 Å². The number of likely N-dealkylation sites (N-methyl/N-ethyl adjacent to an activating group) is 1. The second-order valence-electron chi connectivity index (χ2n) is 8.17. The third kappa shape index (κ3) is 3.90. The summed E-state index contributed by atoms with van der Waals surface area (Å²) in [6.07, 6.45) is 3.51. The molecule has 2 amide bonds. The number of fused-ring (bicyclic) bond motifs is 1. The Bertz CT molecular complexity index is 1170. The lowest BCUT2D eigenvalue weighted by Crippen LogP contribution is -2.44. The number of amides is 2. The number of nitrogens with zero attached hydrogens (tertiary/aromatic N) is 2. The van der Waals surface area contributed by atoms with E-state index < -0.39 is 5.91 Å². The fourth-order valence-corrected chi connectivity index (χ4v) is 4.13. The van der Waals surface area contributed by atoms with E-state index in [4.69, 9.17) is 0 Å². The topological polar surface area (TPSA) is 80.5 Å². The zero-order valence-electron chi connectivity index (χ0n) is 17.9. The molecule has 0 bridgehead atoms. The molecule has 2 aliphatic heterocycles. The number of aromatic nitrogens is 1. The molecule has 1 fully saturated rings. The number of carbonyl (C=O) groups excluding carboxylic acids is 2. The van der Waals surface area contributed by atoms with Crippen molar-refractivity contribution >= 4 is 28.8 Å². The van der Waals surface area contributed by atoms with Gasteiger partial charge in [-0.2, -0.15) is 0 Å².